The number of rotatable bonds is 11. The molecule has 5 heterocycles. The van der Waals surface area contributed by atoms with Crippen LogP contribution in [0, 0.1) is 5.41 Å². The van der Waals surface area contributed by atoms with Crippen LogP contribution in [0.5, 0.6) is 17.2 Å². The van der Waals surface area contributed by atoms with Gasteiger partial charge in [0.15, 0.2) is 5.65 Å². The van der Waals surface area contributed by atoms with E-state index in [9.17, 15) is 0 Å². The lowest BCUT2D eigenvalue weighted by Gasteiger charge is -2.59. The molecule has 2 N–H and O–H groups in total. The van der Waals surface area contributed by atoms with Gasteiger partial charge in [0.25, 0.3) is 0 Å². The van der Waals surface area contributed by atoms with Crippen LogP contribution in [0.15, 0.2) is 73.3 Å². The molecule has 5 aromatic rings. The van der Waals surface area contributed by atoms with Crippen molar-refractivity contribution in [1.82, 2.24) is 19.6 Å². The molecule has 2 bridgehead atoms. The van der Waals surface area contributed by atoms with Crippen molar-refractivity contribution < 1.29 is 18.9 Å². The lowest BCUT2D eigenvalue weighted by molar-refractivity contribution is -0.225. The summed E-state index contributed by atoms with van der Waals surface area (Å²) in [7, 11) is 3.32. The minimum Gasteiger partial charge on any atom is -0.497 e. The van der Waals surface area contributed by atoms with Crippen molar-refractivity contribution in [3.63, 3.8) is 0 Å². The van der Waals surface area contributed by atoms with E-state index in [1.54, 1.807) is 20.5 Å². The fourth-order valence-corrected chi connectivity index (χ4v) is 6.49. The molecule has 2 saturated heterocycles. The molecule has 0 amide bonds. The number of anilines is 2. The average molecular weight is 567 g/mol. The number of methoxy groups -OCH3 is 2. The summed E-state index contributed by atoms with van der Waals surface area (Å²) in [5, 5.41) is 17.4. The maximum atomic E-state index is 6.35. The number of aromatic nitrogens is 4. The Kier molecular flexibility index (Phi) is 6.70. The molecular weight excluding hydrogens is 532 g/mol. The lowest BCUT2D eigenvalue weighted by atomic mass is 9.56. The summed E-state index contributed by atoms with van der Waals surface area (Å²) in [6.07, 6.45) is 8.42. The van der Waals surface area contributed by atoms with E-state index < -0.39 is 0 Å². The van der Waals surface area contributed by atoms with Gasteiger partial charge in [-0.1, -0.05) is 12.1 Å². The molecule has 0 unspecified atom stereocenters. The first-order chi connectivity index (χ1) is 20.6. The third-order valence-electron chi connectivity index (χ3n) is 8.60. The fraction of sp³-hybridized carbons (Fsp3) is 0.344. The van der Waals surface area contributed by atoms with Crippen molar-refractivity contribution in [2.45, 2.75) is 31.4 Å². The highest BCUT2D eigenvalue weighted by Gasteiger charge is 2.58. The Morgan fingerprint density at radius 3 is 2.79 bits per heavy atom. The summed E-state index contributed by atoms with van der Waals surface area (Å²) >= 11 is 0. The Hall–Kier alpha value is -4.57. The zero-order valence-corrected chi connectivity index (χ0v) is 23.8. The summed E-state index contributed by atoms with van der Waals surface area (Å²) < 4.78 is 25.4. The van der Waals surface area contributed by atoms with Crippen molar-refractivity contribution >= 4 is 27.9 Å². The van der Waals surface area contributed by atoms with Crippen LogP contribution in [-0.4, -0.2) is 59.2 Å². The topological polar surface area (TPSA) is 104 Å². The van der Waals surface area contributed by atoms with E-state index in [4.69, 9.17) is 18.9 Å². The Balaban J connectivity index is 1.01. The van der Waals surface area contributed by atoms with Crippen LogP contribution in [0.4, 0.5) is 11.5 Å². The van der Waals surface area contributed by atoms with Gasteiger partial charge in [-0.2, -0.15) is 0 Å². The Labute approximate surface area is 244 Å². The monoisotopic (exact) mass is 566 g/mol. The van der Waals surface area contributed by atoms with E-state index in [0.717, 1.165) is 83.2 Å². The SMILES string of the molecule is COc1ccc(CNc2nccc3c(NCC45CC(COc6ccn7cnnc7c6)(CCO4)C5)cccc23)c(OC)c1. The van der Waals surface area contributed by atoms with Crippen LogP contribution in [0.3, 0.4) is 0 Å². The van der Waals surface area contributed by atoms with Crippen LogP contribution >= 0.6 is 0 Å². The van der Waals surface area contributed by atoms with Crippen molar-refractivity contribution in [2.24, 2.45) is 5.41 Å². The molecular formula is C32H34N6O4. The molecule has 0 atom stereocenters. The van der Waals surface area contributed by atoms with E-state index in [0.29, 0.717) is 13.2 Å². The molecule has 10 heteroatoms. The van der Waals surface area contributed by atoms with E-state index in [1.165, 1.54) is 0 Å². The van der Waals surface area contributed by atoms with Crippen LogP contribution in [0.25, 0.3) is 16.4 Å². The zero-order valence-electron chi connectivity index (χ0n) is 23.8. The van der Waals surface area contributed by atoms with E-state index in [-0.39, 0.29) is 11.0 Å². The van der Waals surface area contributed by atoms with Gasteiger partial charge in [0, 0.05) is 71.7 Å². The molecule has 10 nitrogen and oxygen atoms in total. The normalized spacial score (nSPS) is 21.1. The first-order valence-electron chi connectivity index (χ1n) is 14.2. The lowest BCUT2D eigenvalue weighted by Crippen LogP contribution is -2.63. The molecule has 2 aromatic carbocycles. The minimum atomic E-state index is -0.181. The van der Waals surface area contributed by atoms with Gasteiger partial charge >= 0.3 is 0 Å². The Morgan fingerprint density at radius 1 is 0.976 bits per heavy atom. The standard InChI is InChI=1S/C32H34N6O4/c1-39-23-7-6-22(28(14-23)40-2)16-34-30-26-4-3-5-27(25(26)8-11-33-30)35-19-32-17-31(18-32,10-13-42-32)20-41-24-9-12-38-21-36-37-29(38)15-24/h3-9,11-12,14-15,21,35H,10,13,16-20H2,1-2H3,(H,33,34). The van der Waals surface area contributed by atoms with Gasteiger partial charge in [-0.05, 0) is 49.6 Å². The highest BCUT2D eigenvalue weighted by Crippen LogP contribution is 2.56. The predicted octanol–water partition coefficient (Wildman–Crippen LogP) is 5.34. The number of ether oxygens (including phenoxy) is 4. The van der Waals surface area contributed by atoms with Crippen molar-refractivity contribution in [1.29, 1.82) is 0 Å². The molecule has 1 aliphatic carbocycles. The second-order valence-corrected chi connectivity index (χ2v) is 11.3. The molecule has 3 aromatic heterocycles. The molecule has 0 radical (unpaired) electrons. The van der Waals surface area contributed by atoms with Crippen LogP contribution in [0.1, 0.15) is 24.8 Å². The number of nitrogens with zero attached hydrogens (tertiary/aromatic N) is 4. The maximum Gasteiger partial charge on any atom is 0.164 e. The molecule has 216 valence electrons. The average Bonchev–Trinajstić information content (AvgIpc) is 3.49. The van der Waals surface area contributed by atoms with E-state index in [1.807, 2.05) is 47.1 Å². The Morgan fingerprint density at radius 2 is 1.90 bits per heavy atom. The molecule has 1 saturated carbocycles. The summed E-state index contributed by atoms with van der Waals surface area (Å²) in [6.45, 7) is 2.74. The van der Waals surface area contributed by atoms with Crippen molar-refractivity contribution in [3.8, 4) is 17.2 Å². The fourth-order valence-electron chi connectivity index (χ4n) is 6.49. The number of pyridine rings is 2. The van der Waals surface area contributed by atoms with E-state index >= 15 is 0 Å². The van der Waals surface area contributed by atoms with Crippen LogP contribution < -0.4 is 24.8 Å². The van der Waals surface area contributed by atoms with Gasteiger partial charge in [0.1, 0.15) is 29.4 Å². The molecule has 42 heavy (non-hydrogen) atoms. The summed E-state index contributed by atoms with van der Waals surface area (Å²) in [5.74, 6) is 3.18. The number of benzene rings is 2. The first kappa shape index (κ1) is 26.3. The number of fused-ring (bicyclic) bond motifs is 4. The van der Waals surface area contributed by atoms with Gasteiger partial charge in [0.2, 0.25) is 0 Å². The molecule has 0 spiro atoms. The Bertz CT molecular complexity index is 1730. The second kappa shape index (κ2) is 10.7. The number of hydrogen-bond acceptors (Lipinski definition) is 9. The van der Waals surface area contributed by atoms with Crippen molar-refractivity contribution in [2.75, 3.05) is 44.6 Å². The highest BCUT2D eigenvalue weighted by molar-refractivity contribution is 5.99. The van der Waals surface area contributed by atoms with Gasteiger partial charge < -0.3 is 29.6 Å². The predicted molar refractivity (Wildman–Crippen MR) is 161 cm³/mol. The quantitative estimate of drug-likeness (QED) is 0.219. The smallest absolute Gasteiger partial charge is 0.164 e. The summed E-state index contributed by atoms with van der Waals surface area (Å²) in [6, 6.07) is 18.1. The van der Waals surface area contributed by atoms with E-state index in [2.05, 4.69) is 50.1 Å². The minimum absolute atomic E-state index is 0.141. The molecule has 8 rings (SSSR count). The largest absolute Gasteiger partial charge is 0.497 e. The van der Waals surface area contributed by atoms with Gasteiger partial charge in [-0.15, -0.1) is 10.2 Å². The molecule has 2 aliphatic heterocycles. The molecule has 3 fully saturated rings. The number of nitrogens with one attached hydrogen (secondary N) is 2. The highest BCUT2D eigenvalue weighted by atomic mass is 16.5. The first-order valence-corrected chi connectivity index (χ1v) is 14.2. The van der Waals surface area contributed by atoms with Gasteiger partial charge in [-0.25, -0.2) is 4.98 Å². The van der Waals surface area contributed by atoms with Gasteiger partial charge in [0.05, 0.1) is 26.4 Å². The van der Waals surface area contributed by atoms with Crippen LogP contribution in [0.2, 0.25) is 0 Å². The molecule has 3 aliphatic rings. The summed E-state index contributed by atoms with van der Waals surface area (Å²) in [4.78, 5) is 4.64. The van der Waals surface area contributed by atoms with Crippen LogP contribution in [-0.2, 0) is 11.3 Å². The maximum absolute atomic E-state index is 6.35. The third-order valence-corrected chi connectivity index (χ3v) is 8.60. The van der Waals surface area contributed by atoms with Crippen molar-refractivity contribution in [3.05, 3.63) is 78.9 Å². The summed E-state index contributed by atoms with van der Waals surface area (Å²) in [5.41, 5.74) is 2.84. The zero-order chi connectivity index (χ0) is 28.6. The van der Waals surface area contributed by atoms with Gasteiger partial charge in [-0.3, -0.25) is 4.40 Å². The number of hydrogen-bond donors (Lipinski definition) is 2. The second-order valence-electron chi connectivity index (χ2n) is 11.3. The third kappa shape index (κ3) is 4.92.